The maximum atomic E-state index is 13.2. The number of carbonyl (C=O) groups excluding carboxylic acids is 2. The summed E-state index contributed by atoms with van der Waals surface area (Å²) in [6, 6.07) is 14.2. The highest BCUT2D eigenvalue weighted by atomic mass is 32.2. The molecule has 1 aromatic heterocycles. The molecule has 186 valence electrons. The van der Waals surface area contributed by atoms with Crippen LogP contribution < -0.4 is 10.9 Å². The van der Waals surface area contributed by atoms with Gasteiger partial charge in [-0.2, -0.15) is 0 Å². The molecule has 8 heteroatoms. The van der Waals surface area contributed by atoms with Crippen molar-refractivity contribution in [1.29, 1.82) is 0 Å². The molecule has 1 N–H and O–H groups in total. The molecule has 0 aliphatic heterocycles. The van der Waals surface area contributed by atoms with Crippen LogP contribution >= 0.6 is 11.8 Å². The highest BCUT2D eigenvalue weighted by Gasteiger charge is 2.15. The van der Waals surface area contributed by atoms with E-state index in [1.54, 1.807) is 34.9 Å². The van der Waals surface area contributed by atoms with E-state index in [0.29, 0.717) is 33.9 Å². The molecule has 0 saturated carbocycles. The van der Waals surface area contributed by atoms with Crippen molar-refractivity contribution in [2.24, 2.45) is 5.92 Å². The molecule has 0 atom stereocenters. The van der Waals surface area contributed by atoms with Gasteiger partial charge in [-0.1, -0.05) is 51.6 Å². The number of fused-ring (bicyclic) bond motifs is 1. The maximum Gasteiger partial charge on any atom is 0.262 e. The Hall–Kier alpha value is -2.97. The highest BCUT2D eigenvalue weighted by molar-refractivity contribution is 7.99. The predicted octanol–water partition coefficient (Wildman–Crippen LogP) is 4.70. The number of Topliss-reactive ketones (excluding diaryl/α,β-unsaturated/α-hetero) is 1. The van der Waals surface area contributed by atoms with Crippen LogP contribution in [0.2, 0.25) is 0 Å². The van der Waals surface area contributed by atoms with Crippen LogP contribution in [0.5, 0.6) is 0 Å². The molecule has 0 aliphatic rings. The van der Waals surface area contributed by atoms with E-state index in [9.17, 15) is 14.4 Å². The summed E-state index contributed by atoms with van der Waals surface area (Å²) in [5.41, 5.74) is 1.77. The second kappa shape index (κ2) is 12.7. The van der Waals surface area contributed by atoms with Gasteiger partial charge >= 0.3 is 0 Å². The second-order valence-corrected chi connectivity index (χ2v) is 9.62. The molecule has 7 nitrogen and oxygen atoms in total. The monoisotopic (exact) mass is 494 g/mol. The van der Waals surface area contributed by atoms with Crippen molar-refractivity contribution in [3.05, 3.63) is 64.4 Å². The van der Waals surface area contributed by atoms with Crippen LogP contribution in [-0.4, -0.2) is 51.5 Å². The van der Waals surface area contributed by atoms with E-state index in [-0.39, 0.29) is 28.9 Å². The first kappa shape index (κ1) is 26.6. The number of hydrogen-bond donors (Lipinski definition) is 1. The zero-order valence-corrected chi connectivity index (χ0v) is 21.7. The molecule has 1 heterocycles. The molecule has 1 amide bonds. The van der Waals surface area contributed by atoms with Crippen LogP contribution in [0, 0.1) is 5.92 Å². The molecular weight excluding hydrogens is 460 g/mol. The number of nitrogens with zero attached hydrogens (tertiary/aromatic N) is 3. The van der Waals surface area contributed by atoms with Gasteiger partial charge in [-0.25, -0.2) is 4.98 Å². The van der Waals surface area contributed by atoms with Crippen molar-refractivity contribution in [3.8, 4) is 0 Å². The molecule has 3 aromatic rings. The van der Waals surface area contributed by atoms with E-state index in [0.717, 1.165) is 26.1 Å². The molecule has 0 fully saturated rings. The average Bonchev–Trinajstić information content (AvgIpc) is 2.86. The Morgan fingerprint density at radius 2 is 1.74 bits per heavy atom. The zero-order chi connectivity index (χ0) is 25.4. The second-order valence-electron chi connectivity index (χ2n) is 8.68. The molecule has 0 unspecified atom stereocenters. The Bertz CT molecular complexity index is 1220. The fourth-order valence-electron chi connectivity index (χ4n) is 3.69. The fraction of sp³-hybridized carbons (Fsp3) is 0.407. The first-order valence-corrected chi connectivity index (χ1v) is 13.1. The Kier molecular flexibility index (Phi) is 9.63. The molecule has 2 aromatic carbocycles. The normalized spacial score (nSPS) is 11.4. The van der Waals surface area contributed by atoms with Gasteiger partial charge in [-0.15, -0.1) is 0 Å². The first-order valence-electron chi connectivity index (χ1n) is 12.1. The summed E-state index contributed by atoms with van der Waals surface area (Å²) < 4.78 is 1.70. The minimum Gasteiger partial charge on any atom is -0.326 e. The van der Waals surface area contributed by atoms with Gasteiger partial charge < -0.3 is 10.2 Å². The third-order valence-electron chi connectivity index (χ3n) is 5.91. The lowest BCUT2D eigenvalue weighted by Gasteiger charge is -2.19. The molecule has 3 rings (SSSR count). The highest BCUT2D eigenvalue weighted by Crippen LogP contribution is 2.20. The van der Waals surface area contributed by atoms with E-state index in [1.165, 1.54) is 11.8 Å². The summed E-state index contributed by atoms with van der Waals surface area (Å²) in [5, 5.41) is 3.97. The van der Waals surface area contributed by atoms with Gasteiger partial charge in [0.05, 0.1) is 16.7 Å². The van der Waals surface area contributed by atoms with Crippen molar-refractivity contribution >= 4 is 40.0 Å². The Morgan fingerprint density at radius 1 is 1.06 bits per heavy atom. The summed E-state index contributed by atoms with van der Waals surface area (Å²) in [4.78, 5) is 45.0. The lowest BCUT2D eigenvalue weighted by Crippen LogP contribution is -2.28. The van der Waals surface area contributed by atoms with E-state index in [2.05, 4.69) is 24.1 Å². The number of benzene rings is 2. The van der Waals surface area contributed by atoms with Crippen molar-refractivity contribution in [2.75, 3.05) is 30.7 Å². The first-order chi connectivity index (χ1) is 16.8. The summed E-state index contributed by atoms with van der Waals surface area (Å²) in [6.45, 7) is 11.3. The summed E-state index contributed by atoms with van der Waals surface area (Å²) in [5.74, 6) is -0.0833. The van der Waals surface area contributed by atoms with Crippen LogP contribution in [0.3, 0.4) is 0 Å². The number of hydrogen-bond acceptors (Lipinski definition) is 6. The molecule has 0 aliphatic carbocycles. The summed E-state index contributed by atoms with van der Waals surface area (Å²) in [7, 11) is 0. The zero-order valence-electron chi connectivity index (χ0n) is 20.9. The van der Waals surface area contributed by atoms with E-state index >= 15 is 0 Å². The van der Waals surface area contributed by atoms with E-state index in [1.807, 2.05) is 32.0 Å². The SMILES string of the molecule is CCN(CC)CCCn1c(SCC(=O)c2ccc(NC(=O)C(C)C)cc2)nc2ccccc2c1=O. The predicted molar refractivity (Wildman–Crippen MR) is 143 cm³/mol. The molecular formula is C27H34N4O3S. The number of aromatic nitrogens is 2. The minimum atomic E-state index is -0.119. The Labute approximate surface area is 210 Å². The largest absolute Gasteiger partial charge is 0.326 e. The quantitative estimate of drug-likeness (QED) is 0.223. The van der Waals surface area contributed by atoms with Gasteiger partial charge in [-0.05, 0) is 62.5 Å². The van der Waals surface area contributed by atoms with Crippen molar-refractivity contribution in [2.45, 2.75) is 45.8 Å². The number of ketones is 1. The van der Waals surface area contributed by atoms with Gasteiger partial charge in [-0.3, -0.25) is 19.0 Å². The Balaban J connectivity index is 1.75. The van der Waals surface area contributed by atoms with Crippen LogP contribution in [0.15, 0.2) is 58.5 Å². The van der Waals surface area contributed by atoms with Crippen molar-refractivity contribution in [1.82, 2.24) is 14.5 Å². The van der Waals surface area contributed by atoms with E-state index in [4.69, 9.17) is 4.98 Å². The number of para-hydroxylation sites is 1. The van der Waals surface area contributed by atoms with Gasteiger partial charge in [0.15, 0.2) is 10.9 Å². The smallest absolute Gasteiger partial charge is 0.262 e. The van der Waals surface area contributed by atoms with Gasteiger partial charge in [0.25, 0.3) is 5.56 Å². The number of amides is 1. The van der Waals surface area contributed by atoms with Crippen molar-refractivity contribution in [3.63, 3.8) is 0 Å². The number of carbonyl (C=O) groups is 2. The standard InChI is InChI=1S/C27H34N4O3S/c1-5-30(6-2)16-9-17-31-26(34)22-10-7-8-11-23(22)29-27(31)35-18-24(32)20-12-14-21(15-13-20)28-25(33)19(3)4/h7-8,10-15,19H,5-6,9,16-18H2,1-4H3,(H,28,33). The van der Waals surface area contributed by atoms with Crippen LogP contribution in [-0.2, 0) is 11.3 Å². The van der Waals surface area contributed by atoms with E-state index < -0.39 is 0 Å². The molecule has 35 heavy (non-hydrogen) atoms. The van der Waals surface area contributed by atoms with Crippen LogP contribution in [0.4, 0.5) is 5.69 Å². The van der Waals surface area contributed by atoms with Gasteiger partial charge in [0.1, 0.15) is 0 Å². The number of anilines is 1. The molecule has 0 bridgehead atoms. The topological polar surface area (TPSA) is 84.3 Å². The third kappa shape index (κ3) is 7.02. The summed E-state index contributed by atoms with van der Waals surface area (Å²) >= 11 is 1.29. The van der Waals surface area contributed by atoms with Gasteiger partial charge in [0, 0.05) is 23.7 Å². The molecule has 0 spiro atoms. The van der Waals surface area contributed by atoms with Crippen LogP contribution in [0.25, 0.3) is 10.9 Å². The number of thioether (sulfide) groups is 1. The van der Waals surface area contributed by atoms with Crippen LogP contribution in [0.1, 0.15) is 44.5 Å². The Morgan fingerprint density at radius 3 is 2.40 bits per heavy atom. The number of rotatable bonds is 12. The molecule has 0 radical (unpaired) electrons. The average molecular weight is 495 g/mol. The third-order valence-corrected chi connectivity index (χ3v) is 6.88. The lowest BCUT2D eigenvalue weighted by atomic mass is 10.1. The van der Waals surface area contributed by atoms with Crippen molar-refractivity contribution < 1.29 is 9.59 Å². The number of nitrogens with one attached hydrogen (secondary N) is 1. The minimum absolute atomic E-state index is 0.0613. The fourth-order valence-corrected chi connectivity index (χ4v) is 4.61. The lowest BCUT2D eigenvalue weighted by molar-refractivity contribution is -0.118. The molecule has 0 saturated heterocycles. The maximum absolute atomic E-state index is 13.2. The summed E-state index contributed by atoms with van der Waals surface area (Å²) in [6.07, 6.45) is 0.826. The van der Waals surface area contributed by atoms with Gasteiger partial charge in [0.2, 0.25) is 5.91 Å².